The second-order valence-corrected chi connectivity index (χ2v) is 5.25. The van der Waals surface area contributed by atoms with E-state index in [1.165, 1.54) is 0 Å². The van der Waals surface area contributed by atoms with Crippen LogP contribution in [0.3, 0.4) is 0 Å². The average molecular weight is 284 g/mol. The molecule has 1 fully saturated rings. The van der Waals surface area contributed by atoms with Crippen molar-refractivity contribution >= 4 is 16.7 Å². The van der Waals surface area contributed by atoms with Crippen molar-refractivity contribution in [1.82, 2.24) is 14.8 Å². The molecule has 1 aliphatic rings. The number of hydrogen-bond donors (Lipinski definition) is 1. The number of nitrogens with two attached hydrogens (primary N) is 1. The van der Waals surface area contributed by atoms with Crippen molar-refractivity contribution in [2.75, 3.05) is 12.3 Å². The summed E-state index contributed by atoms with van der Waals surface area (Å²) in [5.74, 6) is 0.483. The molecule has 21 heavy (non-hydrogen) atoms. The summed E-state index contributed by atoms with van der Waals surface area (Å²) in [5, 5.41) is 5.70. The monoisotopic (exact) mass is 284 g/mol. The zero-order valence-electron chi connectivity index (χ0n) is 11.5. The predicted molar refractivity (Wildman–Crippen MR) is 78.5 cm³/mol. The van der Waals surface area contributed by atoms with Gasteiger partial charge in [-0.15, -0.1) is 0 Å². The molecule has 0 radical (unpaired) electrons. The van der Waals surface area contributed by atoms with Crippen LogP contribution in [0.1, 0.15) is 25.5 Å². The number of hydrogen-bond acceptors (Lipinski definition) is 5. The van der Waals surface area contributed by atoms with Gasteiger partial charge in [-0.1, -0.05) is 0 Å². The summed E-state index contributed by atoms with van der Waals surface area (Å²) >= 11 is 0. The molecule has 0 amide bonds. The molecule has 6 nitrogen and oxygen atoms in total. The molecule has 2 N–H and O–H groups in total. The van der Waals surface area contributed by atoms with Crippen molar-refractivity contribution in [3.63, 3.8) is 0 Å². The Hall–Kier alpha value is -2.34. The average Bonchev–Trinajstić information content (AvgIpc) is 3.14. The standard InChI is InChI=1S/C15H16N4O2/c16-13-7-11-12(8-17-13)19(14-3-1-2-5-21-14)18-15(11)10-4-6-20-9-10/h4,6-9,14H,1-3,5H2,(H2,16,17). The summed E-state index contributed by atoms with van der Waals surface area (Å²) in [6, 6.07) is 3.74. The number of aromatic nitrogens is 3. The first-order chi connectivity index (χ1) is 10.3. The van der Waals surface area contributed by atoms with Gasteiger partial charge in [-0.2, -0.15) is 5.10 Å². The number of pyridine rings is 1. The van der Waals surface area contributed by atoms with Crippen LogP contribution in [0.2, 0.25) is 0 Å². The van der Waals surface area contributed by atoms with E-state index in [0.29, 0.717) is 5.82 Å². The summed E-state index contributed by atoms with van der Waals surface area (Å²) in [4.78, 5) is 4.20. The van der Waals surface area contributed by atoms with E-state index < -0.39 is 0 Å². The van der Waals surface area contributed by atoms with E-state index in [9.17, 15) is 0 Å². The summed E-state index contributed by atoms with van der Waals surface area (Å²) in [6.07, 6.45) is 8.27. The molecule has 0 saturated carbocycles. The third-order valence-corrected chi connectivity index (χ3v) is 3.84. The number of furan rings is 1. The topological polar surface area (TPSA) is 79.1 Å². The van der Waals surface area contributed by atoms with Gasteiger partial charge in [-0.25, -0.2) is 9.67 Å². The minimum atomic E-state index is -0.0349. The van der Waals surface area contributed by atoms with E-state index in [4.69, 9.17) is 20.0 Å². The van der Waals surface area contributed by atoms with E-state index >= 15 is 0 Å². The van der Waals surface area contributed by atoms with E-state index in [2.05, 4.69) is 4.98 Å². The summed E-state index contributed by atoms with van der Waals surface area (Å²) < 4.78 is 12.9. The van der Waals surface area contributed by atoms with Gasteiger partial charge in [0.25, 0.3) is 0 Å². The lowest BCUT2D eigenvalue weighted by Crippen LogP contribution is -2.19. The van der Waals surface area contributed by atoms with Gasteiger partial charge in [0.1, 0.15) is 11.5 Å². The Morgan fingerprint density at radius 3 is 3.05 bits per heavy atom. The number of nitrogen functional groups attached to an aromatic ring is 1. The minimum absolute atomic E-state index is 0.0349. The molecule has 0 bridgehead atoms. The maximum absolute atomic E-state index is 5.85. The summed E-state index contributed by atoms with van der Waals surface area (Å²) in [7, 11) is 0. The molecular weight excluding hydrogens is 268 g/mol. The highest BCUT2D eigenvalue weighted by Crippen LogP contribution is 2.33. The van der Waals surface area contributed by atoms with Crippen molar-refractivity contribution in [2.45, 2.75) is 25.5 Å². The number of rotatable bonds is 2. The van der Waals surface area contributed by atoms with Gasteiger partial charge in [0.15, 0.2) is 6.23 Å². The lowest BCUT2D eigenvalue weighted by atomic mass is 10.1. The second-order valence-electron chi connectivity index (χ2n) is 5.25. The van der Waals surface area contributed by atoms with Crippen LogP contribution in [0.15, 0.2) is 35.3 Å². The minimum Gasteiger partial charge on any atom is -0.472 e. The van der Waals surface area contributed by atoms with Gasteiger partial charge in [-0.05, 0) is 31.4 Å². The van der Waals surface area contributed by atoms with Gasteiger partial charge >= 0.3 is 0 Å². The molecule has 3 aromatic rings. The van der Waals surface area contributed by atoms with Crippen molar-refractivity contribution < 1.29 is 9.15 Å². The maximum atomic E-state index is 5.85. The number of anilines is 1. The van der Waals surface area contributed by atoms with Crippen molar-refractivity contribution in [2.24, 2.45) is 0 Å². The van der Waals surface area contributed by atoms with Crippen molar-refractivity contribution in [1.29, 1.82) is 0 Å². The SMILES string of the molecule is Nc1cc2c(-c3ccoc3)nn(C3CCCCO3)c2cn1. The fraction of sp³-hybridized carbons (Fsp3) is 0.333. The molecule has 1 atom stereocenters. The van der Waals surface area contributed by atoms with Gasteiger partial charge in [-0.3, -0.25) is 0 Å². The first-order valence-corrected chi connectivity index (χ1v) is 7.11. The smallest absolute Gasteiger partial charge is 0.150 e. The van der Waals surface area contributed by atoms with Gasteiger partial charge in [0.2, 0.25) is 0 Å². The van der Waals surface area contributed by atoms with Crippen LogP contribution in [0.5, 0.6) is 0 Å². The highest BCUT2D eigenvalue weighted by Gasteiger charge is 2.22. The molecule has 4 heterocycles. The van der Waals surface area contributed by atoms with E-state index in [1.54, 1.807) is 18.7 Å². The summed E-state index contributed by atoms with van der Waals surface area (Å²) in [5.41, 5.74) is 8.55. The molecular formula is C15H16N4O2. The second kappa shape index (κ2) is 4.89. The molecule has 1 unspecified atom stereocenters. The number of ether oxygens (including phenoxy) is 1. The molecule has 3 aromatic heterocycles. The molecule has 0 aromatic carbocycles. The Balaban J connectivity index is 1.91. The van der Waals surface area contributed by atoms with Crippen LogP contribution in [-0.2, 0) is 4.74 Å². The molecule has 0 spiro atoms. The van der Waals surface area contributed by atoms with Crippen LogP contribution in [-0.4, -0.2) is 21.4 Å². The summed E-state index contributed by atoms with van der Waals surface area (Å²) in [6.45, 7) is 0.773. The largest absolute Gasteiger partial charge is 0.472 e. The Morgan fingerprint density at radius 1 is 1.33 bits per heavy atom. The Bertz CT molecular complexity index is 757. The first kappa shape index (κ1) is 12.4. The Labute approximate surface area is 121 Å². The quantitative estimate of drug-likeness (QED) is 0.782. The normalized spacial score (nSPS) is 19.1. The van der Waals surface area contributed by atoms with E-state index in [1.807, 2.05) is 16.8 Å². The fourth-order valence-electron chi connectivity index (χ4n) is 2.80. The zero-order valence-corrected chi connectivity index (χ0v) is 11.5. The predicted octanol–water partition coefficient (Wildman–Crippen LogP) is 2.97. The first-order valence-electron chi connectivity index (χ1n) is 7.11. The molecule has 6 heteroatoms. The van der Waals surface area contributed by atoms with Crippen molar-refractivity contribution in [3.8, 4) is 11.3 Å². The number of fused-ring (bicyclic) bond motifs is 1. The maximum Gasteiger partial charge on any atom is 0.150 e. The Morgan fingerprint density at radius 2 is 2.29 bits per heavy atom. The number of nitrogens with zero attached hydrogens (tertiary/aromatic N) is 3. The lowest BCUT2D eigenvalue weighted by Gasteiger charge is -2.23. The highest BCUT2D eigenvalue weighted by atomic mass is 16.5. The zero-order chi connectivity index (χ0) is 14.2. The van der Waals surface area contributed by atoms with Gasteiger partial charge in [0.05, 0.1) is 24.2 Å². The van der Waals surface area contributed by atoms with Crippen LogP contribution < -0.4 is 5.73 Å². The van der Waals surface area contributed by atoms with Gasteiger partial charge in [0, 0.05) is 17.6 Å². The Kier molecular flexibility index (Phi) is 2.89. The molecule has 1 aliphatic heterocycles. The molecule has 108 valence electrons. The van der Waals surface area contributed by atoms with Crippen LogP contribution in [0.25, 0.3) is 22.2 Å². The van der Waals surface area contributed by atoms with Crippen molar-refractivity contribution in [3.05, 3.63) is 30.9 Å². The van der Waals surface area contributed by atoms with Gasteiger partial charge < -0.3 is 14.9 Å². The van der Waals surface area contributed by atoms with Crippen LogP contribution >= 0.6 is 0 Å². The molecule has 4 rings (SSSR count). The van der Waals surface area contributed by atoms with Crippen LogP contribution in [0, 0.1) is 0 Å². The molecule has 1 saturated heterocycles. The third-order valence-electron chi connectivity index (χ3n) is 3.84. The lowest BCUT2D eigenvalue weighted by molar-refractivity contribution is -0.0365. The molecule has 0 aliphatic carbocycles. The fourth-order valence-corrected chi connectivity index (χ4v) is 2.80. The van der Waals surface area contributed by atoms with Crippen LogP contribution in [0.4, 0.5) is 5.82 Å². The van der Waals surface area contributed by atoms with E-state index in [0.717, 1.165) is 48.0 Å². The van der Waals surface area contributed by atoms with E-state index in [-0.39, 0.29) is 6.23 Å². The third kappa shape index (κ3) is 2.08. The highest BCUT2D eigenvalue weighted by molar-refractivity contribution is 5.94.